The molecule has 2 aliphatic heterocycles. The van der Waals surface area contributed by atoms with Crippen LogP contribution < -0.4 is 0 Å². The van der Waals surface area contributed by atoms with Crippen molar-refractivity contribution in [1.82, 2.24) is 23.2 Å². The van der Waals surface area contributed by atoms with Crippen LogP contribution in [0.25, 0.3) is 0 Å². The minimum Gasteiger partial charge on any atom is -0.381 e. The molecule has 0 bridgehead atoms. The van der Waals surface area contributed by atoms with E-state index in [9.17, 15) is 0 Å². The number of ether oxygens (including phenoxy) is 1. The predicted octanol–water partition coefficient (Wildman–Crippen LogP) is 1.82. The SMILES string of the molecule is CCn1cnc2c1CCN(Cc1cnsn1)C21CCOCC1. The van der Waals surface area contributed by atoms with Gasteiger partial charge in [-0.2, -0.15) is 8.75 Å². The Balaban J connectivity index is 1.73. The van der Waals surface area contributed by atoms with Gasteiger partial charge in [0.2, 0.25) is 0 Å². The molecule has 0 radical (unpaired) electrons. The second-order valence-corrected chi connectivity index (χ2v) is 6.60. The summed E-state index contributed by atoms with van der Waals surface area (Å²) in [7, 11) is 0. The topological polar surface area (TPSA) is 56.1 Å². The van der Waals surface area contributed by atoms with Gasteiger partial charge in [0.25, 0.3) is 0 Å². The summed E-state index contributed by atoms with van der Waals surface area (Å²) in [6, 6.07) is 0. The highest BCUT2D eigenvalue weighted by Crippen LogP contribution is 2.42. The molecule has 0 saturated carbocycles. The van der Waals surface area contributed by atoms with Crippen molar-refractivity contribution >= 4 is 11.7 Å². The maximum absolute atomic E-state index is 5.64. The largest absolute Gasteiger partial charge is 0.381 e. The third-order valence-corrected chi connectivity index (χ3v) is 5.55. The first kappa shape index (κ1) is 14.3. The lowest BCUT2D eigenvalue weighted by Crippen LogP contribution is -2.53. The van der Waals surface area contributed by atoms with E-state index in [1.807, 2.05) is 12.5 Å². The quantitative estimate of drug-likeness (QED) is 0.864. The summed E-state index contributed by atoms with van der Waals surface area (Å²) in [5.41, 5.74) is 3.76. The fourth-order valence-corrected chi connectivity index (χ4v) is 4.30. The van der Waals surface area contributed by atoms with Crippen molar-refractivity contribution in [2.75, 3.05) is 19.8 Å². The number of rotatable bonds is 3. The minimum atomic E-state index is 0.00979. The van der Waals surface area contributed by atoms with E-state index in [4.69, 9.17) is 9.72 Å². The first-order valence-electron chi connectivity index (χ1n) is 7.97. The summed E-state index contributed by atoms with van der Waals surface area (Å²) < 4.78 is 16.5. The zero-order valence-corrected chi connectivity index (χ0v) is 13.7. The summed E-state index contributed by atoms with van der Waals surface area (Å²) in [5.74, 6) is 0. The van der Waals surface area contributed by atoms with Gasteiger partial charge in [0.05, 0.1) is 41.2 Å². The predicted molar refractivity (Wildman–Crippen MR) is 83.7 cm³/mol. The molecule has 2 aliphatic rings. The Morgan fingerprint density at radius 1 is 1.36 bits per heavy atom. The van der Waals surface area contributed by atoms with Crippen LogP contribution in [0.1, 0.15) is 36.8 Å². The molecule has 2 aromatic rings. The fraction of sp³-hybridized carbons (Fsp3) is 0.667. The van der Waals surface area contributed by atoms with Gasteiger partial charge >= 0.3 is 0 Å². The van der Waals surface area contributed by atoms with Gasteiger partial charge in [0.1, 0.15) is 0 Å². The van der Waals surface area contributed by atoms with E-state index in [1.165, 1.54) is 23.1 Å². The summed E-state index contributed by atoms with van der Waals surface area (Å²) in [6.45, 7) is 6.70. The molecule has 118 valence electrons. The normalized spacial score (nSPS) is 21.1. The van der Waals surface area contributed by atoms with Crippen LogP contribution >= 0.6 is 11.7 Å². The van der Waals surface area contributed by atoms with Crippen molar-refractivity contribution < 1.29 is 4.74 Å². The van der Waals surface area contributed by atoms with Crippen molar-refractivity contribution in [2.24, 2.45) is 0 Å². The molecule has 1 saturated heterocycles. The Morgan fingerprint density at radius 2 is 2.23 bits per heavy atom. The Hall–Kier alpha value is -1.31. The Labute approximate surface area is 134 Å². The number of hydrogen-bond acceptors (Lipinski definition) is 6. The van der Waals surface area contributed by atoms with E-state index in [2.05, 4.69) is 25.1 Å². The molecule has 0 unspecified atom stereocenters. The van der Waals surface area contributed by atoms with Crippen molar-refractivity contribution in [3.05, 3.63) is 29.6 Å². The van der Waals surface area contributed by atoms with Crippen LogP contribution in [0.3, 0.4) is 0 Å². The van der Waals surface area contributed by atoms with Crippen molar-refractivity contribution in [3.8, 4) is 0 Å². The molecule has 6 nitrogen and oxygen atoms in total. The molecule has 0 amide bonds. The maximum Gasteiger partial charge on any atom is 0.0952 e. The van der Waals surface area contributed by atoms with Gasteiger partial charge in [-0.05, 0) is 19.8 Å². The van der Waals surface area contributed by atoms with Crippen molar-refractivity contribution in [2.45, 2.75) is 44.8 Å². The number of fused-ring (bicyclic) bond motifs is 2. The fourth-order valence-electron chi connectivity index (χ4n) is 3.88. The van der Waals surface area contributed by atoms with E-state index in [-0.39, 0.29) is 5.54 Å². The molecule has 1 fully saturated rings. The third-order valence-electron chi connectivity index (χ3n) is 5.03. The zero-order valence-electron chi connectivity index (χ0n) is 12.9. The van der Waals surface area contributed by atoms with Gasteiger partial charge in [-0.1, -0.05) is 0 Å². The van der Waals surface area contributed by atoms with E-state index < -0.39 is 0 Å². The molecule has 0 aliphatic carbocycles. The van der Waals surface area contributed by atoms with E-state index >= 15 is 0 Å². The summed E-state index contributed by atoms with van der Waals surface area (Å²) in [5, 5.41) is 0. The number of aryl methyl sites for hydroxylation is 1. The van der Waals surface area contributed by atoms with E-state index in [1.54, 1.807) is 0 Å². The van der Waals surface area contributed by atoms with E-state index in [0.717, 1.165) is 57.8 Å². The molecule has 2 aromatic heterocycles. The molecule has 0 aromatic carbocycles. The van der Waals surface area contributed by atoms with Gasteiger partial charge in [0, 0.05) is 45.0 Å². The van der Waals surface area contributed by atoms with Crippen LogP contribution in [0.2, 0.25) is 0 Å². The first-order chi connectivity index (χ1) is 10.8. The van der Waals surface area contributed by atoms with Gasteiger partial charge in [-0.25, -0.2) is 4.98 Å². The minimum absolute atomic E-state index is 0.00979. The molecular weight excluding hydrogens is 298 g/mol. The summed E-state index contributed by atoms with van der Waals surface area (Å²) in [4.78, 5) is 7.37. The number of nitrogens with zero attached hydrogens (tertiary/aromatic N) is 5. The van der Waals surface area contributed by atoms with Gasteiger partial charge in [-0.15, -0.1) is 0 Å². The average Bonchev–Trinajstić information content (AvgIpc) is 3.21. The van der Waals surface area contributed by atoms with Crippen LogP contribution in [0.15, 0.2) is 12.5 Å². The standard InChI is InChI=1S/C15H21N5OS/c1-2-19-11-16-14-13(19)3-6-20(10-12-9-17-22-18-12)15(14)4-7-21-8-5-15/h9,11H,2-8,10H2,1H3. The average molecular weight is 319 g/mol. The molecule has 4 heterocycles. The summed E-state index contributed by atoms with van der Waals surface area (Å²) >= 11 is 1.29. The highest BCUT2D eigenvalue weighted by atomic mass is 32.1. The molecule has 0 N–H and O–H groups in total. The van der Waals surface area contributed by atoms with Crippen molar-refractivity contribution in [3.63, 3.8) is 0 Å². The molecule has 22 heavy (non-hydrogen) atoms. The van der Waals surface area contributed by atoms with Crippen LogP contribution in [0.5, 0.6) is 0 Å². The van der Waals surface area contributed by atoms with Gasteiger partial charge in [0.15, 0.2) is 0 Å². The maximum atomic E-state index is 5.64. The molecule has 1 spiro atoms. The lowest BCUT2D eigenvalue weighted by molar-refractivity contribution is -0.0457. The molecule has 4 rings (SSSR count). The van der Waals surface area contributed by atoms with Gasteiger partial charge < -0.3 is 9.30 Å². The zero-order chi connectivity index (χ0) is 15.0. The number of imidazole rings is 1. The van der Waals surface area contributed by atoms with E-state index in [0.29, 0.717) is 0 Å². The number of aromatic nitrogens is 4. The molecular formula is C15H21N5OS. The second-order valence-electron chi connectivity index (χ2n) is 6.04. The highest BCUT2D eigenvalue weighted by Gasteiger charge is 2.46. The Bertz CT molecular complexity index is 632. The van der Waals surface area contributed by atoms with Crippen molar-refractivity contribution in [1.29, 1.82) is 0 Å². The smallest absolute Gasteiger partial charge is 0.0952 e. The van der Waals surface area contributed by atoms with Gasteiger partial charge in [-0.3, -0.25) is 4.90 Å². The molecule has 0 atom stereocenters. The lowest BCUT2D eigenvalue weighted by atomic mass is 9.80. The van der Waals surface area contributed by atoms with Crippen LogP contribution in [-0.4, -0.2) is 43.0 Å². The van der Waals surface area contributed by atoms with Crippen LogP contribution in [-0.2, 0) is 29.8 Å². The Kier molecular flexibility index (Phi) is 3.71. The first-order valence-corrected chi connectivity index (χ1v) is 8.70. The monoisotopic (exact) mass is 319 g/mol. The second kappa shape index (κ2) is 5.72. The third kappa shape index (κ3) is 2.19. The lowest BCUT2D eigenvalue weighted by Gasteiger charge is -2.48. The summed E-state index contributed by atoms with van der Waals surface area (Å²) in [6.07, 6.45) is 6.98. The molecule has 7 heteroatoms. The van der Waals surface area contributed by atoms with Crippen LogP contribution in [0.4, 0.5) is 0 Å². The number of hydrogen-bond donors (Lipinski definition) is 0. The van der Waals surface area contributed by atoms with Crippen LogP contribution in [0, 0.1) is 0 Å². The Morgan fingerprint density at radius 3 is 2.95 bits per heavy atom. The highest BCUT2D eigenvalue weighted by molar-refractivity contribution is 6.99.